The number of nitrogens with one attached hydrogen (secondary N) is 1. The number of fused-ring (bicyclic) bond motifs is 1. The predicted molar refractivity (Wildman–Crippen MR) is 117 cm³/mol. The summed E-state index contributed by atoms with van der Waals surface area (Å²) in [5.74, 6) is -1.24. The topological polar surface area (TPSA) is 95.9 Å². The molecule has 7 heteroatoms. The molecule has 30 heavy (non-hydrogen) atoms. The number of nitrogens with zero attached hydrogens (tertiary/aromatic N) is 1. The Morgan fingerprint density at radius 2 is 1.70 bits per heavy atom. The maximum Gasteiger partial charge on any atom is 0.326 e. The van der Waals surface area contributed by atoms with Crippen LogP contribution in [0, 0.1) is 5.92 Å². The number of hydrogen-bond acceptors (Lipinski definition) is 5. The van der Waals surface area contributed by atoms with Crippen molar-refractivity contribution < 1.29 is 24.2 Å². The van der Waals surface area contributed by atoms with Crippen molar-refractivity contribution in [2.24, 2.45) is 5.92 Å². The number of likely N-dealkylation sites (tertiary alicyclic amines) is 1. The summed E-state index contributed by atoms with van der Waals surface area (Å²) in [5, 5.41) is 12.7. The summed E-state index contributed by atoms with van der Waals surface area (Å²) in [7, 11) is 0. The van der Waals surface area contributed by atoms with Gasteiger partial charge >= 0.3 is 11.9 Å². The quantitative estimate of drug-likeness (QED) is 0.545. The third-order valence-corrected chi connectivity index (χ3v) is 6.10. The molecule has 0 bridgehead atoms. The monoisotopic (exact) mass is 426 g/mol. The van der Waals surface area contributed by atoms with Crippen molar-refractivity contribution in [1.82, 2.24) is 10.2 Å². The number of esters is 1. The van der Waals surface area contributed by atoms with E-state index in [2.05, 4.69) is 19.2 Å². The fraction of sp³-hybridized carbons (Fsp3) is 0.870. The van der Waals surface area contributed by atoms with Crippen molar-refractivity contribution in [3.63, 3.8) is 0 Å². The number of carboxylic acids is 1. The highest BCUT2D eigenvalue weighted by Crippen LogP contribution is 2.40. The Morgan fingerprint density at radius 3 is 2.23 bits per heavy atom. The lowest BCUT2D eigenvalue weighted by atomic mass is 9.84. The van der Waals surface area contributed by atoms with Crippen LogP contribution in [0.25, 0.3) is 0 Å². The second-order valence-corrected chi connectivity index (χ2v) is 8.43. The summed E-state index contributed by atoms with van der Waals surface area (Å²) < 4.78 is 5.09. The van der Waals surface area contributed by atoms with Gasteiger partial charge in [0.1, 0.15) is 12.1 Å². The molecule has 2 N–H and O–H groups in total. The Balaban J connectivity index is 0.00000103. The number of hydrogen-bond donors (Lipinski definition) is 2. The lowest BCUT2D eigenvalue weighted by Crippen LogP contribution is -2.55. The number of amides is 1. The number of aliphatic carboxylic acids is 1. The highest BCUT2D eigenvalue weighted by atomic mass is 16.5. The predicted octanol–water partition coefficient (Wildman–Crippen LogP) is 3.75. The van der Waals surface area contributed by atoms with E-state index in [1.54, 1.807) is 18.7 Å². The van der Waals surface area contributed by atoms with E-state index < -0.39 is 24.1 Å². The number of carbonyl (C=O) groups is 3. The number of unbranched alkanes of at least 4 members (excludes halogenated alkanes) is 1. The third-order valence-electron chi connectivity index (χ3n) is 6.10. The molecule has 0 radical (unpaired) electrons. The van der Waals surface area contributed by atoms with Crippen molar-refractivity contribution in [3.8, 4) is 0 Å². The Morgan fingerprint density at radius 1 is 1.07 bits per heavy atom. The van der Waals surface area contributed by atoms with Gasteiger partial charge in [0.25, 0.3) is 0 Å². The first-order valence-corrected chi connectivity index (χ1v) is 11.8. The number of ether oxygens (including phenoxy) is 1. The molecule has 5 unspecified atom stereocenters. The first-order valence-electron chi connectivity index (χ1n) is 11.8. The molecule has 1 aliphatic carbocycles. The minimum Gasteiger partial charge on any atom is -0.480 e. The zero-order valence-electron chi connectivity index (χ0n) is 19.5. The maximum absolute atomic E-state index is 13.1. The van der Waals surface area contributed by atoms with Crippen molar-refractivity contribution in [1.29, 1.82) is 0 Å². The van der Waals surface area contributed by atoms with E-state index in [0.717, 1.165) is 32.1 Å². The van der Waals surface area contributed by atoms with Gasteiger partial charge in [-0.25, -0.2) is 4.79 Å². The molecule has 5 atom stereocenters. The smallest absolute Gasteiger partial charge is 0.326 e. The van der Waals surface area contributed by atoms with Crippen molar-refractivity contribution in [3.05, 3.63) is 0 Å². The van der Waals surface area contributed by atoms with Crippen LogP contribution in [0.4, 0.5) is 0 Å². The molecule has 2 rings (SSSR count). The molecular weight excluding hydrogens is 384 g/mol. The van der Waals surface area contributed by atoms with Crippen molar-refractivity contribution in [2.45, 2.75) is 117 Å². The van der Waals surface area contributed by atoms with E-state index >= 15 is 0 Å². The van der Waals surface area contributed by atoms with Crippen LogP contribution in [0.1, 0.15) is 92.4 Å². The van der Waals surface area contributed by atoms with E-state index in [0.29, 0.717) is 19.4 Å². The summed E-state index contributed by atoms with van der Waals surface area (Å²) in [6, 6.07) is -1.92. The Bertz CT molecular complexity index is 552. The van der Waals surface area contributed by atoms with E-state index in [9.17, 15) is 19.5 Å². The minimum atomic E-state index is -0.935. The van der Waals surface area contributed by atoms with Gasteiger partial charge in [-0.2, -0.15) is 0 Å². The first kappa shape index (κ1) is 26.4. The first-order chi connectivity index (χ1) is 14.3. The minimum absolute atomic E-state index is 0.00817. The van der Waals surface area contributed by atoms with E-state index in [1.807, 2.05) is 6.92 Å². The van der Waals surface area contributed by atoms with Gasteiger partial charge < -0.3 is 14.7 Å². The Kier molecular flexibility index (Phi) is 12.0. The Hall–Kier alpha value is -1.63. The van der Waals surface area contributed by atoms with Gasteiger partial charge in [0.2, 0.25) is 5.91 Å². The average molecular weight is 427 g/mol. The largest absolute Gasteiger partial charge is 0.480 e. The van der Waals surface area contributed by atoms with Crippen LogP contribution in [0.2, 0.25) is 0 Å². The lowest BCUT2D eigenvalue weighted by Gasteiger charge is -2.35. The van der Waals surface area contributed by atoms with E-state index in [-0.39, 0.29) is 23.8 Å². The van der Waals surface area contributed by atoms with Crippen molar-refractivity contribution in [2.75, 3.05) is 6.61 Å². The SMILES string of the molecule is CCCC.CCCC(NC(C)C(=O)N1C(C(=O)O)CC2CCCCC21)C(=O)OCC. The van der Waals surface area contributed by atoms with Crippen LogP contribution in [0.5, 0.6) is 0 Å². The molecule has 1 saturated heterocycles. The molecule has 1 aliphatic heterocycles. The molecule has 0 aromatic rings. The normalized spacial score (nSPS) is 24.8. The van der Waals surface area contributed by atoms with E-state index in [4.69, 9.17) is 4.74 Å². The van der Waals surface area contributed by atoms with Crippen LogP contribution in [-0.2, 0) is 19.1 Å². The number of carboxylic acid groups (broad SMARTS) is 1. The molecule has 1 saturated carbocycles. The van der Waals surface area contributed by atoms with Crippen LogP contribution in [0.3, 0.4) is 0 Å². The van der Waals surface area contributed by atoms with Crippen LogP contribution in [-0.4, -0.2) is 58.6 Å². The third kappa shape index (κ3) is 7.25. The van der Waals surface area contributed by atoms with Gasteiger partial charge in [0, 0.05) is 6.04 Å². The van der Waals surface area contributed by atoms with Gasteiger partial charge in [0.05, 0.1) is 12.6 Å². The zero-order chi connectivity index (χ0) is 22.7. The number of carbonyl (C=O) groups excluding carboxylic acids is 2. The van der Waals surface area contributed by atoms with Gasteiger partial charge in [-0.3, -0.25) is 14.9 Å². The summed E-state index contributed by atoms with van der Waals surface area (Å²) in [4.78, 5) is 38.5. The summed E-state index contributed by atoms with van der Waals surface area (Å²) in [6.07, 6.45) is 8.51. The second kappa shape index (κ2) is 13.6. The van der Waals surface area contributed by atoms with Crippen LogP contribution >= 0.6 is 0 Å². The fourth-order valence-electron chi connectivity index (χ4n) is 4.39. The molecule has 0 spiro atoms. The second-order valence-electron chi connectivity index (χ2n) is 8.43. The van der Waals surface area contributed by atoms with Crippen molar-refractivity contribution >= 4 is 17.8 Å². The van der Waals surface area contributed by atoms with Gasteiger partial charge in [-0.05, 0) is 45.4 Å². The fourth-order valence-corrected chi connectivity index (χ4v) is 4.39. The van der Waals surface area contributed by atoms with E-state index in [1.165, 1.54) is 12.8 Å². The molecule has 2 aliphatic rings. The summed E-state index contributed by atoms with van der Waals surface area (Å²) in [6.45, 7) is 10.1. The van der Waals surface area contributed by atoms with Gasteiger partial charge in [0.15, 0.2) is 0 Å². The molecule has 174 valence electrons. The molecule has 0 aromatic heterocycles. The number of rotatable bonds is 9. The highest BCUT2D eigenvalue weighted by molar-refractivity contribution is 5.88. The molecule has 1 heterocycles. The molecule has 2 fully saturated rings. The standard InChI is InChI=1S/C19H32N2O5.C4H10/c1-4-8-14(19(25)26-5-2)20-12(3)17(22)21-15-10-7-6-9-13(15)11-16(21)18(23)24;1-3-4-2/h12-16,20H,4-11H2,1-3H3,(H,23,24);3-4H2,1-2H3. The molecular formula is C23H42N2O5. The Labute approximate surface area is 181 Å². The zero-order valence-corrected chi connectivity index (χ0v) is 19.5. The molecule has 0 aromatic carbocycles. The molecule has 7 nitrogen and oxygen atoms in total. The summed E-state index contributed by atoms with van der Waals surface area (Å²) in [5.41, 5.74) is 0. The maximum atomic E-state index is 13.1. The van der Waals surface area contributed by atoms with Gasteiger partial charge in [-0.1, -0.05) is 52.9 Å². The summed E-state index contributed by atoms with van der Waals surface area (Å²) >= 11 is 0. The van der Waals surface area contributed by atoms with Crippen LogP contribution < -0.4 is 5.32 Å². The molecule has 1 amide bonds. The van der Waals surface area contributed by atoms with Gasteiger partial charge in [-0.15, -0.1) is 0 Å². The highest BCUT2D eigenvalue weighted by Gasteiger charge is 2.48. The van der Waals surface area contributed by atoms with Crippen LogP contribution in [0.15, 0.2) is 0 Å². The lowest BCUT2D eigenvalue weighted by molar-refractivity contribution is -0.152. The average Bonchev–Trinajstić information content (AvgIpc) is 3.13.